The Morgan fingerprint density at radius 2 is 2.05 bits per heavy atom. The van der Waals surface area contributed by atoms with Gasteiger partial charge < -0.3 is 11.1 Å². The molecular weight excluding hydrogens is 341 g/mol. The van der Waals surface area contributed by atoms with Crippen LogP contribution in [0, 0.1) is 0 Å². The van der Waals surface area contributed by atoms with Gasteiger partial charge in [-0.25, -0.2) is 9.97 Å². The molecule has 0 fully saturated rings. The molecule has 0 spiro atoms. The van der Waals surface area contributed by atoms with Gasteiger partial charge in [0.2, 0.25) is 0 Å². The van der Waals surface area contributed by atoms with E-state index in [1.807, 2.05) is 0 Å². The van der Waals surface area contributed by atoms with Crippen LogP contribution in [-0.2, 0) is 6.18 Å². The number of aromatic nitrogens is 2. The average molecular weight is 349 g/mol. The van der Waals surface area contributed by atoms with Gasteiger partial charge in [0.15, 0.2) is 0 Å². The third-order valence-corrected chi connectivity index (χ3v) is 3.78. The zero-order valence-electron chi connectivity index (χ0n) is 10.7. The Morgan fingerprint density at radius 1 is 1.36 bits per heavy atom. The number of pyridine rings is 1. The average Bonchev–Trinajstić information content (AvgIpc) is 2.89. The van der Waals surface area contributed by atoms with E-state index in [1.165, 1.54) is 6.20 Å². The highest BCUT2D eigenvalue weighted by Gasteiger charge is 2.34. The molecule has 0 atom stereocenters. The molecule has 0 aromatic carbocycles. The Kier molecular flexibility index (Phi) is 4.38. The Labute approximate surface area is 131 Å². The van der Waals surface area contributed by atoms with E-state index >= 15 is 0 Å². The van der Waals surface area contributed by atoms with Gasteiger partial charge in [0.1, 0.15) is 15.7 Å². The number of hydrogen-bond donors (Lipinski definition) is 2. The number of anilines is 1. The lowest BCUT2D eigenvalue weighted by atomic mass is 10.2. The van der Waals surface area contributed by atoms with Crippen LogP contribution < -0.4 is 11.1 Å². The van der Waals surface area contributed by atoms with Crippen molar-refractivity contribution in [1.29, 1.82) is 0 Å². The molecule has 2 aromatic heterocycles. The summed E-state index contributed by atoms with van der Waals surface area (Å²) in [4.78, 5) is 19.6. The Morgan fingerprint density at radius 3 is 2.59 bits per heavy atom. The lowest BCUT2D eigenvalue weighted by molar-refractivity contribution is -0.137. The SMILES string of the molecule is C=C(N)c1ncc(C(=O)Nc2cc(C(F)(F)F)c(Cl)cn2)s1. The minimum atomic E-state index is -4.64. The molecule has 5 nitrogen and oxygen atoms in total. The van der Waals surface area contributed by atoms with E-state index in [0.29, 0.717) is 11.1 Å². The number of nitrogens with zero attached hydrogens (tertiary/aromatic N) is 2. The van der Waals surface area contributed by atoms with Crippen molar-refractivity contribution >= 4 is 40.4 Å². The maximum absolute atomic E-state index is 12.7. The summed E-state index contributed by atoms with van der Waals surface area (Å²) in [5.41, 5.74) is 4.54. The Balaban J connectivity index is 2.23. The fourth-order valence-electron chi connectivity index (χ4n) is 1.43. The second kappa shape index (κ2) is 5.93. The lowest BCUT2D eigenvalue weighted by Crippen LogP contribution is -2.13. The van der Waals surface area contributed by atoms with Gasteiger partial charge in [-0.2, -0.15) is 13.2 Å². The summed E-state index contributed by atoms with van der Waals surface area (Å²) < 4.78 is 38.2. The van der Waals surface area contributed by atoms with Gasteiger partial charge in [-0.05, 0) is 6.07 Å². The number of halogens is 4. The van der Waals surface area contributed by atoms with E-state index in [1.54, 1.807) is 0 Å². The number of alkyl halides is 3. The molecule has 10 heteroatoms. The van der Waals surface area contributed by atoms with Gasteiger partial charge in [-0.1, -0.05) is 18.2 Å². The highest BCUT2D eigenvalue weighted by Crippen LogP contribution is 2.35. The number of amides is 1. The second-order valence-corrected chi connectivity index (χ2v) is 5.49. The van der Waals surface area contributed by atoms with Crippen molar-refractivity contribution in [3.05, 3.63) is 45.5 Å². The summed E-state index contributed by atoms with van der Waals surface area (Å²) in [6.07, 6.45) is -2.58. The maximum atomic E-state index is 12.7. The van der Waals surface area contributed by atoms with E-state index < -0.39 is 22.7 Å². The van der Waals surface area contributed by atoms with E-state index in [4.69, 9.17) is 17.3 Å². The lowest BCUT2D eigenvalue weighted by Gasteiger charge is -2.10. The van der Waals surface area contributed by atoms with Crippen LogP contribution in [0.4, 0.5) is 19.0 Å². The molecule has 0 aliphatic rings. The predicted octanol–water partition coefficient (Wildman–Crippen LogP) is 3.39. The van der Waals surface area contributed by atoms with Crippen LogP contribution in [0.2, 0.25) is 5.02 Å². The van der Waals surface area contributed by atoms with Crippen molar-refractivity contribution in [1.82, 2.24) is 9.97 Å². The van der Waals surface area contributed by atoms with Gasteiger partial charge in [0, 0.05) is 6.20 Å². The molecule has 0 saturated heterocycles. The molecule has 3 N–H and O–H groups in total. The highest BCUT2D eigenvalue weighted by atomic mass is 35.5. The van der Waals surface area contributed by atoms with Crippen LogP contribution in [0.5, 0.6) is 0 Å². The third-order valence-electron chi connectivity index (χ3n) is 2.41. The quantitative estimate of drug-likeness (QED) is 0.890. The van der Waals surface area contributed by atoms with Crippen molar-refractivity contribution in [3.63, 3.8) is 0 Å². The summed E-state index contributed by atoms with van der Waals surface area (Å²) in [5.74, 6) is -0.934. The molecular formula is C12H8ClF3N4OS. The van der Waals surface area contributed by atoms with Crippen molar-refractivity contribution in [2.45, 2.75) is 6.18 Å². The van der Waals surface area contributed by atoms with E-state index in [-0.39, 0.29) is 16.4 Å². The molecule has 2 heterocycles. The summed E-state index contributed by atoms with van der Waals surface area (Å²) in [6.45, 7) is 3.47. The topological polar surface area (TPSA) is 80.9 Å². The first-order chi connectivity index (χ1) is 10.2. The second-order valence-electron chi connectivity index (χ2n) is 4.06. The first-order valence-corrected chi connectivity index (χ1v) is 6.82. The minimum absolute atomic E-state index is 0.159. The first kappa shape index (κ1) is 16.2. The van der Waals surface area contributed by atoms with E-state index in [2.05, 4.69) is 21.9 Å². The molecule has 0 saturated carbocycles. The van der Waals surface area contributed by atoms with E-state index in [0.717, 1.165) is 17.5 Å². The van der Waals surface area contributed by atoms with Crippen molar-refractivity contribution in [3.8, 4) is 0 Å². The number of nitrogens with one attached hydrogen (secondary N) is 1. The van der Waals surface area contributed by atoms with Gasteiger partial charge in [0.05, 0.1) is 22.5 Å². The predicted molar refractivity (Wildman–Crippen MR) is 77.5 cm³/mol. The molecule has 2 rings (SSSR count). The third kappa shape index (κ3) is 3.55. The van der Waals surface area contributed by atoms with Gasteiger partial charge >= 0.3 is 6.18 Å². The zero-order chi connectivity index (χ0) is 16.5. The number of carbonyl (C=O) groups excluding carboxylic acids is 1. The number of hydrogen-bond acceptors (Lipinski definition) is 5. The Hall–Kier alpha value is -2.13. The molecule has 0 bridgehead atoms. The maximum Gasteiger partial charge on any atom is 0.418 e. The van der Waals surface area contributed by atoms with Crippen LogP contribution >= 0.6 is 22.9 Å². The largest absolute Gasteiger partial charge is 0.418 e. The van der Waals surface area contributed by atoms with Gasteiger partial charge in [-0.15, -0.1) is 11.3 Å². The highest BCUT2D eigenvalue weighted by molar-refractivity contribution is 7.14. The Bertz CT molecular complexity index is 744. The summed E-state index contributed by atoms with van der Waals surface area (Å²) in [7, 11) is 0. The van der Waals surface area contributed by atoms with Gasteiger partial charge in [0.25, 0.3) is 5.91 Å². The fourth-order valence-corrected chi connectivity index (χ4v) is 2.33. The van der Waals surface area contributed by atoms with Crippen molar-refractivity contribution in [2.24, 2.45) is 5.73 Å². The molecule has 0 aliphatic carbocycles. The molecule has 0 unspecified atom stereocenters. The molecule has 2 aromatic rings. The number of thiazole rings is 1. The molecule has 1 amide bonds. The van der Waals surface area contributed by atoms with Crippen LogP contribution in [0.25, 0.3) is 5.70 Å². The first-order valence-electron chi connectivity index (χ1n) is 5.63. The van der Waals surface area contributed by atoms with Gasteiger partial charge in [-0.3, -0.25) is 4.79 Å². The van der Waals surface area contributed by atoms with Crippen LogP contribution in [0.15, 0.2) is 25.0 Å². The number of nitrogens with two attached hydrogens (primary N) is 1. The smallest absolute Gasteiger partial charge is 0.397 e. The minimum Gasteiger partial charge on any atom is -0.397 e. The number of carbonyl (C=O) groups is 1. The van der Waals surface area contributed by atoms with Crippen LogP contribution in [-0.4, -0.2) is 15.9 Å². The van der Waals surface area contributed by atoms with E-state index in [9.17, 15) is 18.0 Å². The summed E-state index contributed by atoms with van der Waals surface area (Å²) >= 11 is 6.40. The van der Waals surface area contributed by atoms with Crippen LogP contribution in [0.1, 0.15) is 20.2 Å². The number of rotatable bonds is 3. The summed E-state index contributed by atoms with van der Waals surface area (Å²) in [6, 6.07) is 0.657. The normalized spacial score (nSPS) is 11.3. The van der Waals surface area contributed by atoms with Crippen LogP contribution in [0.3, 0.4) is 0 Å². The standard InChI is InChI=1S/C12H8ClF3N4OS/c1-5(17)11-19-4-8(22-11)10(21)20-9-2-6(12(14,15)16)7(13)3-18-9/h2-4H,1,17H2,(H,18,20,21). The fraction of sp³-hybridized carbons (Fsp3) is 0.0833. The van der Waals surface area contributed by atoms with Crippen molar-refractivity contribution < 1.29 is 18.0 Å². The molecule has 22 heavy (non-hydrogen) atoms. The zero-order valence-corrected chi connectivity index (χ0v) is 12.3. The molecule has 116 valence electrons. The molecule has 0 radical (unpaired) electrons. The summed E-state index contributed by atoms with van der Waals surface area (Å²) in [5, 5.41) is 2.04. The monoisotopic (exact) mass is 348 g/mol. The van der Waals surface area contributed by atoms with Crippen molar-refractivity contribution in [2.75, 3.05) is 5.32 Å². The molecule has 0 aliphatic heterocycles.